The van der Waals surface area contributed by atoms with E-state index in [4.69, 9.17) is 16.3 Å². The van der Waals surface area contributed by atoms with Gasteiger partial charge in [-0.2, -0.15) is 8.61 Å². The molecule has 13 heteroatoms. The van der Waals surface area contributed by atoms with Crippen LogP contribution in [-0.2, 0) is 20.0 Å². The number of carbonyl (C=O) groups excluding carboxylic acids is 1. The molecule has 38 heavy (non-hydrogen) atoms. The molecule has 0 unspecified atom stereocenters. The van der Waals surface area contributed by atoms with Gasteiger partial charge in [-0.05, 0) is 62.4 Å². The van der Waals surface area contributed by atoms with E-state index in [0.29, 0.717) is 45.0 Å². The Morgan fingerprint density at radius 1 is 0.842 bits per heavy atom. The molecule has 2 aliphatic rings. The zero-order valence-corrected chi connectivity index (χ0v) is 23.7. The molecule has 2 aromatic carbocycles. The summed E-state index contributed by atoms with van der Waals surface area (Å²) in [4.78, 5) is 15.0. The quantitative estimate of drug-likeness (QED) is 0.449. The number of piperidine rings is 1. The third-order valence-corrected chi connectivity index (χ3v) is 10.9. The van der Waals surface area contributed by atoms with Crippen molar-refractivity contribution >= 4 is 37.6 Å². The highest BCUT2D eigenvalue weighted by molar-refractivity contribution is 7.89. The zero-order chi connectivity index (χ0) is 27.3. The number of carbonyl (C=O) groups is 1. The van der Waals surface area contributed by atoms with Crippen LogP contribution < -0.4 is 10.1 Å². The van der Waals surface area contributed by atoms with Crippen molar-refractivity contribution in [2.45, 2.75) is 29.1 Å². The third-order valence-electron chi connectivity index (χ3n) is 6.72. The van der Waals surface area contributed by atoms with Crippen LogP contribution in [0.25, 0.3) is 0 Å². The highest BCUT2D eigenvalue weighted by Gasteiger charge is 2.29. The fourth-order valence-corrected chi connectivity index (χ4v) is 7.58. The molecule has 1 N–H and O–H groups in total. The highest BCUT2D eigenvalue weighted by atomic mass is 35.5. The molecule has 2 aliphatic heterocycles. The van der Waals surface area contributed by atoms with Gasteiger partial charge in [0.15, 0.2) is 0 Å². The smallest absolute Gasteiger partial charge is 0.252 e. The molecular formula is C25H33ClN4O6S2. The molecule has 2 heterocycles. The number of rotatable bonds is 9. The third kappa shape index (κ3) is 6.67. The maximum atomic E-state index is 13.0. The summed E-state index contributed by atoms with van der Waals surface area (Å²) in [5, 5.41) is 2.83. The maximum Gasteiger partial charge on any atom is 0.252 e. The van der Waals surface area contributed by atoms with Gasteiger partial charge in [-0.15, -0.1) is 0 Å². The van der Waals surface area contributed by atoms with Crippen molar-refractivity contribution in [1.29, 1.82) is 0 Å². The standard InChI is InChI=1S/C25H33ClN4O6S2/c1-28-14-16-30(17-15-28)38(34,35)22-9-10-24(26)23(19-22)25(31)27-11-18-36-20-5-7-21(8-6-20)37(32,33)29-12-3-2-4-13-29/h5-10,19H,2-4,11-18H2,1H3,(H,27,31). The number of hydrogen-bond acceptors (Lipinski definition) is 7. The molecule has 1 amide bonds. The topological polar surface area (TPSA) is 116 Å². The average Bonchev–Trinajstić information content (AvgIpc) is 2.92. The van der Waals surface area contributed by atoms with Gasteiger partial charge in [0.25, 0.3) is 5.91 Å². The summed E-state index contributed by atoms with van der Waals surface area (Å²) in [6.45, 7) is 3.37. The fraction of sp³-hybridized carbons (Fsp3) is 0.480. The molecule has 2 aromatic rings. The number of sulfonamides is 2. The number of hydrogen-bond donors (Lipinski definition) is 1. The van der Waals surface area contributed by atoms with Crippen molar-refractivity contribution in [3.63, 3.8) is 0 Å². The van der Waals surface area contributed by atoms with E-state index in [-0.39, 0.29) is 33.5 Å². The second-order valence-corrected chi connectivity index (χ2v) is 13.7. The van der Waals surface area contributed by atoms with Gasteiger partial charge >= 0.3 is 0 Å². The largest absolute Gasteiger partial charge is 0.492 e. The van der Waals surface area contributed by atoms with Crippen molar-refractivity contribution in [2.75, 3.05) is 59.5 Å². The highest BCUT2D eigenvalue weighted by Crippen LogP contribution is 2.25. The molecule has 10 nitrogen and oxygen atoms in total. The number of likely N-dealkylation sites (N-methyl/N-ethyl adjacent to an activating group) is 1. The van der Waals surface area contributed by atoms with Crippen LogP contribution in [0.15, 0.2) is 52.3 Å². The van der Waals surface area contributed by atoms with Crippen molar-refractivity contribution in [2.24, 2.45) is 0 Å². The van der Waals surface area contributed by atoms with Crippen molar-refractivity contribution in [1.82, 2.24) is 18.8 Å². The monoisotopic (exact) mass is 584 g/mol. The molecule has 208 valence electrons. The van der Waals surface area contributed by atoms with E-state index in [2.05, 4.69) is 10.2 Å². The van der Waals surface area contributed by atoms with Crippen LogP contribution in [0.1, 0.15) is 29.6 Å². The second-order valence-electron chi connectivity index (χ2n) is 9.39. The Balaban J connectivity index is 1.31. The second kappa shape index (κ2) is 12.3. The Kier molecular flexibility index (Phi) is 9.32. The number of halogens is 1. The van der Waals surface area contributed by atoms with Crippen molar-refractivity contribution in [3.05, 3.63) is 53.1 Å². The lowest BCUT2D eigenvalue weighted by Gasteiger charge is -2.31. The summed E-state index contributed by atoms with van der Waals surface area (Å²) >= 11 is 6.20. The predicted molar refractivity (Wildman–Crippen MR) is 145 cm³/mol. The Morgan fingerprint density at radius 2 is 1.42 bits per heavy atom. The van der Waals surface area contributed by atoms with Gasteiger partial charge in [0.05, 0.1) is 26.9 Å². The number of benzene rings is 2. The first-order valence-corrected chi connectivity index (χ1v) is 15.8. The first-order valence-electron chi connectivity index (χ1n) is 12.6. The molecule has 0 bridgehead atoms. The fourth-order valence-electron chi connectivity index (χ4n) is 4.41. The van der Waals surface area contributed by atoms with Gasteiger partial charge in [-0.3, -0.25) is 4.79 Å². The minimum atomic E-state index is -3.74. The number of nitrogens with one attached hydrogen (secondary N) is 1. The summed E-state index contributed by atoms with van der Waals surface area (Å²) in [5.74, 6) is -0.0489. The van der Waals surface area contributed by atoms with Crippen molar-refractivity contribution < 1.29 is 26.4 Å². The Labute approximate surface area is 229 Å². The minimum absolute atomic E-state index is 0.0208. The Hall–Kier alpha value is -2.22. The summed E-state index contributed by atoms with van der Waals surface area (Å²) in [5.41, 5.74) is 0.0640. The normalized spacial score (nSPS) is 18.3. The van der Waals surface area contributed by atoms with Crippen LogP contribution in [0.2, 0.25) is 5.02 Å². The van der Waals surface area contributed by atoms with E-state index in [1.165, 1.54) is 38.9 Å². The van der Waals surface area contributed by atoms with Crippen LogP contribution in [0.5, 0.6) is 5.75 Å². The van der Waals surface area contributed by atoms with Crippen LogP contribution in [0.3, 0.4) is 0 Å². The summed E-state index contributed by atoms with van der Waals surface area (Å²) in [6.07, 6.45) is 2.78. The lowest BCUT2D eigenvalue weighted by molar-refractivity contribution is 0.0947. The molecule has 0 aromatic heterocycles. The van der Waals surface area contributed by atoms with Gasteiger partial charge < -0.3 is 15.0 Å². The molecule has 0 atom stereocenters. The van der Waals surface area contributed by atoms with Crippen LogP contribution in [-0.4, -0.2) is 95.7 Å². The maximum absolute atomic E-state index is 13.0. The SMILES string of the molecule is CN1CCN(S(=O)(=O)c2ccc(Cl)c(C(=O)NCCOc3ccc(S(=O)(=O)N4CCCCC4)cc3)c2)CC1. The van der Waals surface area contributed by atoms with E-state index in [1.54, 1.807) is 12.1 Å². The molecule has 0 spiro atoms. The van der Waals surface area contributed by atoms with E-state index < -0.39 is 26.0 Å². The van der Waals surface area contributed by atoms with Crippen LogP contribution in [0, 0.1) is 0 Å². The molecule has 0 saturated carbocycles. The minimum Gasteiger partial charge on any atom is -0.492 e. The molecule has 0 aliphatic carbocycles. The summed E-state index contributed by atoms with van der Waals surface area (Å²) < 4.78 is 60.2. The Morgan fingerprint density at radius 3 is 2.08 bits per heavy atom. The molecular weight excluding hydrogens is 552 g/mol. The lowest BCUT2D eigenvalue weighted by atomic mass is 10.2. The Bertz CT molecular complexity index is 1340. The average molecular weight is 585 g/mol. The van der Waals surface area contributed by atoms with Gasteiger partial charge in [-0.1, -0.05) is 18.0 Å². The van der Waals surface area contributed by atoms with Crippen LogP contribution in [0.4, 0.5) is 0 Å². The molecule has 0 radical (unpaired) electrons. The van der Waals surface area contributed by atoms with Gasteiger partial charge in [0.1, 0.15) is 12.4 Å². The first-order chi connectivity index (χ1) is 18.1. The van der Waals surface area contributed by atoms with E-state index in [0.717, 1.165) is 19.3 Å². The molecule has 2 saturated heterocycles. The number of amides is 1. The van der Waals surface area contributed by atoms with E-state index in [1.807, 2.05) is 7.05 Å². The van der Waals surface area contributed by atoms with Gasteiger partial charge in [0.2, 0.25) is 20.0 Å². The molecule has 4 rings (SSSR count). The first kappa shape index (κ1) is 28.8. The van der Waals surface area contributed by atoms with E-state index in [9.17, 15) is 21.6 Å². The summed E-state index contributed by atoms with van der Waals surface area (Å²) in [7, 11) is -5.32. The zero-order valence-electron chi connectivity index (χ0n) is 21.3. The number of nitrogens with zero attached hydrogens (tertiary/aromatic N) is 3. The van der Waals surface area contributed by atoms with Crippen molar-refractivity contribution in [3.8, 4) is 5.75 Å². The van der Waals surface area contributed by atoms with Crippen LogP contribution >= 0.6 is 11.6 Å². The molecule has 2 fully saturated rings. The van der Waals surface area contributed by atoms with Gasteiger partial charge in [0, 0.05) is 39.3 Å². The number of piperazine rings is 1. The number of ether oxygens (including phenoxy) is 1. The van der Waals surface area contributed by atoms with Gasteiger partial charge in [-0.25, -0.2) is 16.8 Å². The van der Waals surface area contributed by atoms with E-state index >= 15 is 0 Å². The lowest BCUT2D eigenvalue weighted by Crippen LogP contribution is -2.47. The summed E-state index contributed by atoms with van der Waals surface area (Å²) in [6, 6.07) is 10.3. The predicted octanol–water partition coefficient (Wildman–Crippen LogP) is 2.26.